The first kappa shape index (κ1) is 19.7. The predicted molar refractivity (Wildman–Crippen MR) is 98.5 cm³/mol. The van der Waals surface area contributed by atoms with E-state index in [1.807, 2.05) is 13.0 Å². The molecule has 2 rings (SSSR count). The molecule has 1 fully saturated rings. The highest BCUT2D eigenvalue weighted by atomic mass is 32.2. The summed E-state index contributed by atoms with van der Waals surface area (Å²) in [5.74, 6) is 2.30. The van der Waals surface area contributed by atoms with Crippen molar-refractivity contribution in [1.29, 1.82) is 0 Å². The van der Waals surface area contributed by atoms with Crippen LogP contribution in [0, 0.1) is 0 Å². The first-order valence-corrected chi connectivity index (χ1v) is 10.6. The van der Waals surface area contributed by atoms with E-state index in [4.69, 9.17) is 4.52 Å². The second-order valence-corrected chi connectivity index (χ2v) is 8.79. The van der Waals surface area contributed by atoms with Gasteiger partial charge in [0, 0.05) is 38.8 Å². The van der Waals surface area contributed by atoms with Crippen LogP contribution >= 0.6 is 0 Å². The summed E-state index contributed by atoms with van der Waals surface area (Å²) in [6.45, 7) is 10.1. The maximum atomic E-state index is 11.4. The third-order valence-electron chi connectivity index (χ3n) is 4.06. The molecule has 9 heteroatoms. The van der Waals surface area contributed by atoms with Crippen molar-refractivity contribution in [3.05, 3.63) is 17.5 Å². The fourth-order valence-electron chi connectivity index (χ4n) is 2.48. The molecule has 2 N–H and O–H groups in total. The minimum Gasteiger partial charge on any atom is -0.359 e. The molecule has 0 saturated carbocycles. The van der Waals surface area contributed by atoms with Crippen LogP contribution in [0.4, 0.5) is 0 Å². The standard InChI is InChI=1S/C16H29N5O3S/c1-4-17-16(19-12-14-11-15(13(2)3)20-24-14)18-5-6-21-7-9-25(22,23)10-8-21/h11,13H,4-10,12H2,1-3H3,(H2,17,18,19). The van der Waals surface area contributed by atoms with E-state index < -0.39 is 9.84 Å². The average Bonchev–Trinajstić information content (AvgIpc) is 3.03. The van der Waals surface area contributed by atoms with Crippen molar-refractivity contribution in [1.82, 2.24) is 20.7 Å². The van der Waals surface area contributed by atoms with Gasteiger partial charge in [-0.3, -0.25) is 4.90 Å². The van der Waals surface area contributed by atoms with Crippen LogP contribution in [0.3, 0.4) is 0 Å². The molecule has 1 aliphatic heterocycles. The Morgan fingerprint density at radius 1 is 1.36 bits per heavy atom. The second kappa shape index (κ2) is 9.19. The molecular weight excluding hydrogens is 342 g/mol. The minimum atomic E-state index is -2.82. The topological polar surface area (TPSA) is 99.8 Å². The quantitative estimate of drug-likeness (QED) is 0.534. The number of rotatable bonds is 7. The summed E-state index contributed by atoms with van der Waals surface area (Å²) in [5, 5.41) is 10.5. The Hall–Kier alpha value is -1.61. The fraction of sp³-hybridized carbons (Fsp3) is 0.750. The summed E-state index contributed by atoms with van der Waals surface area (Å²) in [5.41, 5.74) is 0.934. The summed E-state index contributed by atoms with van der Waals surface area (Å²) >= 11 is 0. The van der Waals surface area contributed by atoms with E-state index in [2.05, 4.69) is 39.5 Å². The van der Waals surface area contributed by atoms with E-state index in [1.165, 1.54) is 0 Å². The van der Waals surface area contributed by atoms with Crippen LogP contribution in [0.15, 0.2) is 15.6 Å². The molecule has 0 spiro atoms. The number of aromatic nitrogens is 1. The molecule has 1 aromatic heterocycles. The van der Waals surface area contributed by atoms with Gasteiger partial charge in [0.05, 0.1) is 17.2 Å². The summed E-state index contributed by atoms with van der Waals surface area (Å²) in [4.78, 5) is 6.66. The van der Waals surface area contributed by atoms with Gasteiger partial charge < -0.3 is 15.2 Å². The monoisotopic (exact) mass is 371 g/mol. The van der Waals surface area contributed by atoms with Crippen LogP contribution in [0.2, 0.25) is 0 Å². The molecule has 142 valence electrons. The molecule has 0 unspecified atom stereocenters. The molecule has 1 saturated heterocycles. The molecule has 0 radical (unpaired) electrons. The number of guanidine groups is 1. The lowest BCUT2D eigenvalue weighted by molar-refractivity contribution is 0.299. The molecule has 0 atom stereocenters. The number of nitrogens with zero attached hydrogens (tertiary/aromatic N) is 3. The molecule has 0 bridgehead atoms. The Morgan fingerprint density at radius 3 is 2.68 bits per heavy atom. The van der Waals surface area contributed by atoms with Crippen molar-refractivity contribution >= 4 is 15.8 Å². The van der Waals surface area contributed by atoms with E-state index >= 15 is 0 Å². The Kier molecular flexibility index (Phi) is 7.24. The molecule has 8 nitrogen and oxygen atoms in total. The third-order valence-corrected chi connectivity index (χ3v) is 5.67. The maximum Gasteiger partial charge on any atom is 0.191 e. The molecule has 0 aromatic carbocycles. The zero-order valence-corrected chi connectivity index (χ0v) is 16.1. The molecule has 0 aliphatic carbocycles. The van der Waals surface area contributed by atoms with Gasteiger partial charge in [-0.05, 0) is 12.8 Å². The van der Waals surface area contributed by atoms with Crippen LogP contribution in [0.25, 0.3) is 0 Å². The van der Waals surface area contributed by atoms with Crippen molar-refractivity contribution in [2.24, 2.45) is 4.99 Å². The van der Waals surface area contributed by atoms with Crippen LogP contribution in [-0.4, -0.2) is 68.7 Å². The predicted octanol–water partition coefficient (Wildman–Crippen LogP) is 0.584. The van der Waals surface area contributed by atoms with Crippen molar-refractivity contribution in [3.8, 4) is 0 Å². The van der Waals surface area contributed by atoms with Crippen LogP contribution in [-0.2, 0) is 16.4 Å². The second-order valence-electron chi connectivity index (χ2n) is 6.49. The van der Waals surface area contributed by atoms with Crippen LogP contribution in [0.5, 0.6) is 0 Å². The Balaban J connectivity index is 1.79. The molecule has 2 heterocycles. The van der Waals surface area contributed by atoms with Gasteiger partial charge in [-0.25, -0.2) is 13.4 Å². The zero-order valence-electron chi connectivity index (χ0n) is 15.3. The number of hydrogen-bond donors (Lipinski definition) is 2. The normalized spacial score (nSPS) is 18.5. The van der Waals surface area contributed by atoms with Gasteiger partial charge in [0.2, 0.25) is 0 Å². The number of aliphatic imine (C=N–C) groups is 1. The molecular formula is C16H29N5O3S. The minimum absolute atomic E-state index is 0.255. The Labute approximate surface area is 150 Å². The van der Waals surface area contributed by atoms with Crippen LogP contribution < -0.4 is 10.6 Å². The van der Waals surface area contributed by atoms with Gasteiger partial charge in [0.25, 0.3) is 0 Å². The van der Waals surface area contributed by atoms with E-state index in [0.29, 0.717) is 32.1 Å². The highest BCUT2D eigenvalue weighted by molar-refractivity contribution is 7.91. The van der Waals surface area contributed by atoms with Gasteiger partial charge >= 0.3 is 0 Å². The lowest BCUT2D eigenvalue weighted by atomic mass is 10.1. The fourth-order valence-corrected chi connectivity index (χ4v) is 3.76. The third kappa shape index (κ3) is 6.66. The number of hydrogen-bond acceptors (Lipinski definition) is 6. The van der Waals surface area contributed by atoms with Gasteiger partial charge in [0.1, 0.15) is 6.54 Å². The highest BCUT2D eigenvalue weighted by Gasteiger charge is 2.20. The molecule has 25 heavy (non-hydrogen) atoms. The molecule has 0 amide bonds. The molecule has 1 aliphatic rings. The average molecular weight is 372 g/mol. The highest BCUT2D eigenvalue weighted by Crippen LogP contribution is 2.14. The first-order chi connectivity index (χ1) is 11.9. The summed E-state index contributed by atoms with van der Waals surface area (Å²) in [6.07, 6.45) is 0. The van der Waals surface area contributed by atoms with Gasteiger partial charge in [-0.1, -0.05) is 19.0 Å². The van der Waals surface area contributed by atoms with Gasteiger partial charge in [-0.2, -0.15) is 0 Å². The van der Waals surface area contributed by atoms with E-state index in [9.17, 15) is 8.42 Å². The van der Waals surface area contributed by atoms with E-state index in [-0.39, 0.29) is 11.5 Å². The lowest BCUT2D eigenvalue weighted by Gasteiger charge is -2.26. The van der Waals surface area contributed by atoms with E-state index in [1.54, 1.807) is 0 Å². The van der Waals surface area contributed by atoms with Crippen molar-refractivity contribution < 1.29 is 12.9 Å². The SMILES string of the molecule is CCNC(=NCc1cc(C(C)C)no1)NCCN1CCS(=O)(=O)CC1. The van der Waals surface area contributed by atoms with Gasteiger partial charge in [0.15, 0.2) is 21.6 Å². The number of sulfone groups is 1. The zero-order chi connectivity index (χ0) is 18.3. The van der Waals surface area contributed by atoms with Crippen molar-refractivity contribution in [2.45, 2.75) is 33.2 Å². The summed E-state index contributed by atoms with van der Waals surface area (Å²) in [6, 6.07) is 1.94. The molecule has 1 aromatic rings. The lowest BCUT2D eigenvalue weighted by Crippen LogP contribution is -2.45. The van der Waals surface area contributed by atoms with E-state index in [0.717, 1.165) is 30.5 Å². The Bertz CT molecular complexity index is 655. The summed E-state index contributed by atoms with van der Waals surface area (Å²) in [7, 11) is -2.82. The summed E-state index contributed by atoms with van der Waals surface area (Å²) < 4.78 is 28.2. The van der Waals surface area contributed by atoms with Crippen molar-refractivity contribution in [3.63, 3.8) is 0 Å². The van der Waals surface area contributed by atoms with Crippen LogP contribution in [0.1, 0.15) is 38.1 Å². The largest absolute Gasteiger partial charge is 0.359 e. The number of nitrogens with one attached hydrogen (secondary N) is 2. The van der Waals surface area contributed by atoms with Crippen molar-refractivity contribution in [2.75, 3.05) is 44.2 Å². The Morgan fingerprint density at radius 2 is 2.08 bits per heavy atom. The smallest absolute Gasteiger partial charge is 0.191 e. The maximum absolute atomic E-state index is 11.4. The van der Waals surface area contributed by atoms with Gasteiger partial charge in [-0.15, -0.1) is 0 Å². The first-order valence-electron chi connectivity index (χ1n) is 8.80.